The lowest BCUT2D eigenvalue weighted by Gasteiger charge is -2.32. The van der Waals surface area contributed by atoms with Crippen molar-refractivity contribution in [2.24, 2.45) is 0 Å². The van der Waals surface area contributed by atoms with Crippen LogP contribution in [0.2, 0.25) is 0 Å². The Balaban J connectivity index is 2.03. The Hall–Kier alpha value is -1.00. The van der Waals surface area contributed by atoms with Gasteiger partial charge in [0.05, 0.1) is 5.69 Å². The second-order valence-electron chi connectivity index (χ2n) is 3.60. The summed E-state index contributed by atoms with van der Waals surface area (Å²) in [6.07, 6.45) is 3.43. The van der Waals surface area contributed by atoms with E-state index in [0.29, 0.717) is 6.04 Å². The summed E-state index contributed by atoms with van der Waals surface area (Å²) in [6.45, 7) is 6.56. The molecule has 1 aromatic rings. The molecule has 2 rings (SSSR count). The van der Waals surface area contributed by atoms with Crippen molar-refractivity contribution in [3.05, 3.63) is 24.3 Å². The normalized spacial score (nSPS) is 20.6. The minimum absolute atomic E-state index is 0.403. The molecule has 0 aliphatic carbocycles. The minimum Gasteiger partial charge on any atom is -0.314 e. The van der Waals surface area contributed by atoms with Crippen LogP contribution >= 0.6 is 0 Å². The van der Waals surface area contributed by atoms with Gasteiger partial charge in [0.2, 0.25) is 0 Å². The van der Waals surface area contributed by atoms with Gasteiger partial charge in [-0.3, -0.25) is 4.90 Å². The first-order valence-electron chi connectivity index (χ1n) is 5.08. The highest BCUT2D eigenvalue weighted by molar-refractivity contribution is 5.04. The second-order valence-corrected chi connectivity index (χ2v) is 3.60. The van der Waals surface area contributed by atoms with Gasteiger partial charge in [0.25, 0.3) is 0 Å². The van der Waals surface area contributed by atoms with Crippen molar-refractivity contribution in [3.8, 4) is 0 Å². The molecule has 1 aliphatic heterocycles. The Kier molecular flexibility index (Phi) is 3.06. The molecule has 1 unspecified atom stereocenters. The molecule has 0 amide bonds. The molecule has 0 bridgehead atoms. The van der Waals surface area contributed by atoms with Gasteiger partial charge < -0.3 is 5.32 Å². The van der Waals surface area contributed by atoms with Crippen LogP contribution in [0.3, 0.4) is 0 Å². The summed E-state index contributed by atoms with van der Waals surface area (Å²) in [5.41, 5.74) is 1.11. The number of aromatic nitrogens is 2. The SMILES string of the molecule is CC(c1ccncn1)N1CCNCC1. The van der Waals surface area contributed by atoms with Crippen molar-refractivity contribution < 1.29 is 0 Å². The van der Waals surface area contributed by atoms with Crippen LogP contribution in [0.4, 0.5) is 0 Å². The standard InChI is InChI=1S/C10H16N4/c1-9(10-2-3-12-8-13-10)14-6-4-11-5-7-14/h2-3,8-9,11H,4-7H2,1H3. The van der Waals surface area contributed by atoms with E-state index < -0.39 is 0 Å². The lowest BCUT2D eigenvalue weighted by Crippen LogP contribution is -2.44. The van der Waals surface area contributed by atoms with E-state index in [-0.39, 0.29) is 0 Å². The highest BCUT2D eigenvalue weighted by atomic mass is 15.2. The molecule has 0 radical (unpaired) electrons. The van der Waals surface area contributed by atoms with Crippen molar-refractivity contribution in [3.63, 3.8) is 0 Å². The van der Waals surface area contributed by atoms with Crippen LogP contribution in [0, 0.1) is 0 Å². The van der Waals surface area contributed by atoms with Crippen LogP contribution in [0.25, 0.3) is 0 Å². The third-order valence-corrected chi connectivity index (χ3v) is 2.73. The van der Waals surface area contributed by atoms with Gasteiger partial charge in [-0.25, -0.2) is 9.97 Å². The number of piperazine rings is 1. The fraction of sp³-hybridized carbons (Fsp3) is 0.600. The molecule has 14 heavy (non-hydrogen) atoms. The zero-order chi connectivity index (χ0) is 9.80. The smallest absolute Gasteiger partial charge is 0.115 e. The first-order chi connectivity index (χ1) is 6.88. The first-order valence-corrected chi connectivity index (χ1v) is 5.08. The molecule has 0 aromatic carbocycles. The van der Waals surface area contributed by atoms with Gasteiger partial charge in [0.1, 0.15) is 6.33 Å². The Labute approximate surface area is 84.4 Å². The van der Waals surface area contributed by atoms with Crippen LogP contribution < -0.4 is 5.32 Å². The van der Waals surface area contributed by atoms with E-state index in [9.17, 15) is 0 Å². The average molecular weight is 192 g/mol. The Morgan fingerprint density at radius 2 is 2.21 bits per heavy atom. The maximum atomic E-state index is 4.28. The average Bonchev–Trinajstić information content (AvgIpc) is 2.30. The van der Waals surface area contributed by atoms with Crippen LogP contribution in [0.5, 0.6) is 0 Å². The zero-order valence-corrected chi connectivity index (χ0v) is 8.48. The largest absolute Gasteiger partial charge is 0.314 e. The number of nitrogens with zero attached hydrogens (tertiary/aromatic N) is 3. The monoisotopic (exact) mass is 192 g/mol. The number of hydrogen-bond acceptors (Lipinski definition) is 4. The Morgan fingerprint density at radius 3 is 2.86 bits per heavy atom. The van der Waals surface area contributed by atoms with Crippen molar-refractivity contribution in [1.29, 1.82) is 0 Å². The molecule has 1 fully saturated rings. The summed E-state index contributed by atoms with van der Waals surface area (Å²) in [5, 5.41) is 3.35. The third kappa shape index (κ3) is 2.08. The van der Waals surface area contributed by atoms with E-state index in [1.807, 2.05) is 6.07 Å². The molecular weight excluding hydrogens is 176 g/mol. The van der Waals surface area contributed by atoms with Crippen molar-refractivity contribution >= 4 is 0 Å². The van der Waals surface area contributed by atoms with Crippen molar-refractivity contribution in [2.45, 2.75) is 13.0 Å². The van der Waals surface area contributed by atoms with Crippen LogP contribution in [-0.2, 0) is 0 Å². The summed E-state index contributed by atoms with van der Waals surface area (Å²) in [4.78, 5) is 10.7. The van der Waals surface area contributed by atoms with Gasteiger partial charge in [-0.1, -0.05) is 0 Å². The number of hydrogen-bond donors (Lipinski definition) is 1. The molecule has 0 spiro atoms. The molecule has 76 valence electrons. The maximum Gasteiger partial charge on any atom is 0.115 e. The van der Waals surface area contributed by atoms with E-state index in [0.717, 1.165) is 31.9 Å². The molecule has 0 saturated carbocycles. The van der Waals surface area contributed by atoms with E-state index >= 15 is 0 Å². The Morgan fingerprint density at radius 1 is 1.43 bits per heavy atom. The van der Waals surface area contributed by atoms with Crippen LogP contribution in [0.1, 0.15) is 18.7 Å². The first kappa shape index (κ1) is 9.55. The number of nitrogens with one attached hydrogen (secondary N) is 1. The molecular formula is C10H16N4. The van der Waals surface area contributed by atoms with E-state index in [4.69, 9.17) is 0 Å². The lowest BCUT2D eigenvalue weighted by atomic mass is 10.2. The third-order valence-electron chi connectivity index (χ3n) is 2.73. The second kappa shape index (κ2) is 4.48. The molecule has 1 atom stereocenters. The molecule has 1 aliphatic rings. The van der Waals surface area contributed by atoms with Gasteiger partial charge >= 0.3 is 0 Å². The van der Waals surface area contributed by atoms with Gasteiger partial charge in [-0.15, -0.1) is 0 Å². The molecule has 1 saturated heterocycles. The molecule has 2 heterocycles. The fourth-order valence-corrected chi connectivity index (χ4v) is 1.80. The van der Waals surface area contributed by atoms with Gasteiger partial charge in [0.15, 0.2) is 0 Å². The van der Waals surface area contributed by atoms with Crippen LogP contribution in [0.15, 0.2) is 18.6 Å². The Bertz CT molecular complexity index is 269. The zero-order valence-electron chi connectivity index (χ0n) is 8.48. The van der Waals surface area contributed by atoms with Gasteiger partial charge in [-0.2, -0.15) is 0 Å². The summed E-state index contributed by atoms with van der Waals surface area (Å²) < 4.78 is 0. The fourth-order valence-electron chi connectivity index (χ4n) is 1.80. The van der Waals surface area contributed by atoms with E-state index in [1.54, 1.807) is 12.5 Å². The summed E-state index contributed by atoms with van der Waals surface area (Å²) in [6, 6.07) is 2.40. The van der Waals surface area contributed by atoms with Gasteiger partial charge in [-0.05, 0) is 13.0 Å². The van der Waals surface area contributed by atoms with Crippen molar-refractivity contribution in [1.82, 2.24) is 20.2 Å². The highest BCUT2D eigenvalue weighted by Crippen LogP contribution is 2.16. The topological polar surface area (TPSA) is 41.1 Å². The van der Waals surface area contributed by atoms with Gasteiger partial charge in [0, 0.05) is 38.4 Å². The summed E-state index contributed by atoms with van der Waals surface area (Å²) in [5.74, 6) is 0. The lowest BCUT2D eigenvalue weighted by molar-refractivity contribution is 0.182. The predicted octanol–water partition coefficient (Wildman–Crippen LogP) is 0.443. The van der Waals surface area contributed by atoms with E-state index in [2.05, 4.69) is 27.1 Å². The molecule has 4 nitrogen and oxygen atoms in total. The molecule has 1 aromatic heterocycles. The number of rotatable bonds is 2. The minimum atomic E-state index is 0.403. The molecule has 1 N–H and O–H groups in total. The maximum absolute atomic E-state index is 4.28. The van der Waals surface area contributed by atoms with Crippen molar-refractivity contribution in [2.75, 3.05) is 26.2 Å². The predicted molar refractivity (Wildman–Crippen MR) is 54.9 cm³/mol. The van der Waals surface area contributed by atoms with Crippen LogP contribution in [-0.4, -0.2) is 41.0 Å². The van der Waals surface area contributed by atoms with E-state index in [1.165, 1.54) is 0 Å². The summed E-state index contributed by atoms with van der Waals surface area (Å²) in [7, 11) is 0. The molecule has 4 heteroatoms. The highest BCUT2D eigenvalue weighted by Gasteiger charge is 2.18. The summed E-state index contributed by atoms with van der Waals surface area (Å²) >= 11 is 0. The quantitative estimate of drug-likeness (QED) is 0.738.